The summed E-state index contributed by atoms with van der Waals surface area (Å²) in [5.74, 6) is 0.585. The van der Waals surface area contributed by atoms with Crippen molar-refractivity contribution < 1.29 is 14.2 Å². The van der Waals surface area contributed by atoms with Gasteiger partial charge in [-0.15, -0.1) is 0 Å². The number of anilines is 1. The Balaban J connectivity index is 1.48. The molecule has 1 saturated heterocycles. The van der Waals surface area contributed by atoms with Gasteiger partial charge >= 0.3 is 0 Å². The van der Waals surface area contributed by atoms with Gasteiger partial charge in [0.25, 0.3) is 0 Å². The second-order valence-corrected chi connectivity index (χ2v) is 7.79. The molecule has 1 heterocycles. The zero-order valence-corrected chi connectivity index (χ0v) is 18.5. The molecule has 0 saturated carbocycles. The first kappa shape index (κ1) is 22.1. The lowest BCUT2D eigenvalue weighted by atomic mass is 9.97. The SMILES string of the molecule is COCCOc1cccc(-c2ccc3cc(NCCN4CCOCC4)ccc3c2)c1C#N. The van der Waals surface area contributed by atoms with Crippen molar-refractivity contribution in [3.8, 4) is 22.9 Å². The highest BCUT2D eigenvalue weighted by atomic mass is 16.5. The van der Waals surface area contributed by atoms with Gasteiger partial charge in [-0.05, 0) is 40.6 Å². The fourth-order valence-electron chi connectivity index (χ4n) is 3.95. The van der Waals surface area contributed by atoms with E-state index in [0.717, 1.165) is 67.0 Å². The van der Waals surface area contributed by atoms with Crippen LogP contribution >= 0.6 is 0 Å². The van der Waals surface area contributed by atoms with Gasteiger partial charge in [-0.3, -0.25) is 4.90 Å². The van der Waals surface area contributed by atoms with E-state index in [9.17, 15) is 5.26 Å². The third-order valence-electron chi connectivity index (χ3n) is 5.70. The summed E-state index contributed by atoms with van der Waals surface area (Å²) in [5, 5.41) is 15.6. The Bertz CT molecular complexity index is 1090. The van der Waals surface area contributed by atoms with E-state index in [1.807, 2.05) is 18.2 Å². The van der Waals surface area contributed by atoms with Crippen molar-refractivity contribution in [2.45, 2.75) is 0 Å². The van der Waals surface area contributed by atoms with Crippen molar-refractivity contribution in [3.63, 3.8) is 0 Å². The highest BCUT2D eigenvalue weighted by molar-refractivity contribution is 5.90. The van der Waals surface area contributed by atoms with Gasteiger partial charge in [0.05, 0.1) is 19.8 Å². The van der Waals surface area contributed by atoms with E-state index in [-0.39, 0.29) is 0 Å². The minimum Gasteiger partial charge on any atom is -0.490 e. The standard InChI is InChI=1S/C26H29N3O3/c1-30-15-16-32-26-4-2-3-24(25(26)19-27)22-6-5-21-18-23(8-7-20(21)17-22)28-9-10-29-11-13-31-14-12-29/h2-8,17-18,28H,9-16H2,1H3. The van der Waals surface area contributed by atoms with Crippen LogP contribution in [-0.4, -0.2) is 64.6 Å². The van der Waals surface area contributed by atoms with Gasteiger partial charge in [0, 0.05) is 44.5 Å². The van der Waals surface area contributed by atoms with Crippen molar-refractivity contribution >= 4 is 16.5 Å². The van der Waals surface area contributed by atoms with E-state index >= 15 is 0 Å². The Morgan fingerprint density at radius 2 is 1.84 bits per heavy atom. The van der Waals surface area contributed by atoms with Crippen LogP contribution in [0.15, 0.2) is 54.6 Å². The second kappa shape index (κ2) is 11.0. The number of nitrogens with one attached hydrogen (secondary N) is 1. The molecule has 0 amide bonds. The van der Waals surface area contributed by atoms with Crippen LogP contribution in [0.1, 0.15) is 5.56 Å². The molecule has 0 radical (unpaired) electrons. The predicted molar refractivity (Wildman–Crippen MR) is 127 cm³/mol. The van der Waals surface area contributed by atoms with E-state index < -0.39 is 0 Å². The van der Waals surface area contributed by atoms with Crippen LogP contribution in [0.5, 0.6) is 5.75 Å². The van der Waals surface area contributed by atoms with Crippen molar-refractivity contribution in [1.29, 1.82) is 5.26 Å². The number of ether oxygens (including phenoxy) is 3. The zero-order valence-electron chi connectivity index (χ0n) is 18.5. The number of benzene rings is 3. The largest absolute Gasteiger partial charge is 0.490 e. The summed E-state index contributed by atoms with van der Waals surface area (Å²) in [6.07, 6.45) is 0. The number of nitriles is 1. The van der Waals surface area contributed by atoms with Crippen LogP contribution in [0.25, 0.3) is 21.9 Å². The van der Waals surface area contributed by atoms with Crippen LogP contribution in [0, 0.1) is 11.3 Å². The highest BCUT2D eigenvalue weighted by Crippen LogP contribution is 2.32. The van der Waals surface area contributed by atoms with Crippen LogP contribution in [0.4, 0.5) is 5.69 Å². The summed E-state index contributed by atoms with van der Waals surface area (Å²) in [4.78, 5) is 2.42. The van der Waals surface area contributed by atoms with Crippen LogP contribution < -0.4 is 10.1 Å². The third kappa shape index (κ3) is 5.38. The maximum atomic E-state index is 9.76. The normalized spacial score (nSPS) is 14.2. The number of hydrogen-bond donors (Lipinski definition) is 1. The Labute approximate surface area is 189 Å². The molecule has 0 atom stereocenters. The molecule has 1 fully saturated rings. The topological polar surface area (TPSA) is 66.8 Å². The number of nitrogens with zero attached hydrogens (tertiary/aromatic N) is 2. The van der Waals surface area contributed by atoms with E-state index in [1.165, 1.54) is 0 Å². The molecule has 1 aliphatic heterocycles. The molecule has 1 aliphatic rings. The zero-order chi connectivity index (χ0) is 22.2. The smallest absolute Gasteiger partial charge is 0.137 e. The molecule has 3 aromatic carbocycles. The van der Waals surface area contributed by atoms with Crippen LogP contribution in [0.2, 0.25) is 0 Å². The Kier molecular flexibility index (Phi) is 7.57. The number of hydrogen-bond acceptors (Lipinski definition) is 6. The monoisotopic (exact) mass is 431 g/mol. The first-order valence-corrected chi connectivity index (χ1v) is 11.0. The molecule has 166 valence electrons. The van der Waals surface area contributed by atoms with Crippen LogP contribution in [0.3, 0.4) is 0 Å². The summed E-state index contributed by atoms with van der Waals surface area (Å²) in [5.41, 5.74) is 3.53. The molecular formula is C26H29N3O3. The Morgan fingerprint density at radius 1 is 1.03 bits per heavy atom. The van der Waals surface area contributed by atoms with E-state index in [0.29, 0.717) is 24.5 Å². The molecule has 0 unspecified atom stereocenters. The molecular weight excluding hydrogens is 402 g/mol. The highest BCUT2D eigenvalue weighted by Gasteiger charge is 2.12. The molecule has 32 heavy (non-hydrogen) atoms. The van der Waals surface area contributed by atoms with Crippen LogP contribution in [-0.2, 0) is 9.47 Å². The summed E-state index contributed by atoms with van der Waals surface area (Å²) in [6.45, 7) is 6.48. The van der Waals surface area contributed by atoms with Gasteiger partial charge in [0.1, 0.15) is 24.0 Å². The van der Waals surface area contributed by atoms with Crippen molar-refractivity contribution in [2.24, 2.45) is 0 Å². The lowest BCUT2D eigenvalue weighted by Crippen LogP contribution is -2.38. The maximum absolute atomic E-state index is 9.76. The molecule has 1 N–H and O–H groups in total. The van der Waals surface area contributed by atoms with Gasteiger partial charge in [-0.1, -0.05) is 30.3 Å². The first-order chi connectivity index (χ1) is 15.8. The predicted octanol–water partition coefficient (Wildman–Crippen LogP) is 4.15. The minimum atomic E-state index is 0.410. The third-order valence-corrected chi connectivity index (χ3v) is 5.70. The lowest BCUT2D eigenvalue weighted by Gasteiger charge is -2.26. The van der Waals surface area contributed by atoms with Crippen molar-refractivity contribution in [3.05, 3.63) is 60.2 Å². The summed E-state index contributed by atoms with van der Waals surface area (Å²) in [7, 11) is 1.63. The van der Waals surface area contributed by atoms with Crippen molar-refractivity contribution in [1.82, 2.24) is 4.90 Å². The molecule has 6 heteroatoms. The number of methoxy groups -OCH3 is 1. The van der Waals surface area contributed by atoms with Crippen molar-refractivity contribution in [2.75, 3.05) is 65.0 Å². The summed E-state index contributed by atoms with van der Waals surface area (Å²) in [6, 6.07) is 20.7. The fourth-order valence-corrected chi connectivity index (χ4v) is 3.95. The molecule has 0 spiro atoms. The first-order valence-electron chi connectivity index (χ1n) is 11.0. The molecule has 0 aromatic heterocycles. The Hall–Kier alpha value is -3.11. The van der Waals surface area contributed by atoms with E-state index in [1.54, 1.807) is 7.11 Å². The van der Waals surface area contributed by atoms with Gasteiger partial charge < -0.3 is 19.5 Å². The number of rotatable bonds is 9. The quantitative estimate of drug-likeness (QED) is 0.514. The average Bonchev–Trinajstić information content (AvgIpc) is 2.84. The number of morpholine rings is 1. The number of fused-ring (bicyclic) bond motifs is 1. The molecule has 4 rings (SSSR count). The molecule has 0 bridgehead atoms. The van der Waals surface area contributed by atoms with Gasteiger partial charge in [-0.2, -0.15) is 5.26 Å². The van der Waals surface area contributed by atoms with E-state index in [2.05, 4.69) is 52.7 Å². The van der Waals surface area contributed by atoms with Gasteiger partial charge in [0.15, 0.2) is 0 Å². The molecule has 6 nitrogen and oxygen atoms in total. The van der Waals surface area contributed by atoms with E-state index in [4.69, 9.17) is 14.2 Å². The molecule has 3 aromatic rings. The fraction of sp³-hybridized carbons (Fsp3) is 0.346. The van der Waals surface area contributed by atoms with Gasteiger partial charge in [-0.25, -0.2) is 0 Å². The average molecular weight is 432 g/mol. The Morgan fingerprint density at radius 3 is 2.66 bits per heavy atom. The van der Waals surface area contributed by atoms with Gasteiger partial charge in [0.2, 0.25) is 0 Å². The minimum absolute atomic E-state index is 0.410. The summed E-state index contributed by atoms with van der Waals surface area (Å²) < 4.78 is 16.2. The molecule has 0 aliphatic carbocycles. The maximum Gasteiger partial charge on any atom is 0.137 e. The lowest BCUT2D eigenvalue weighted by molar-refractivity contribution is 0.0398. The second-order valence-electron chi connectivity index (χ2n) is 7.79. The summed E-state index contributed by atoms with van der Waals surface area (Å²) >= 11 is 0.